The molecule has 8 heteroatoms. The van der Waals surface area contributed by atoms with E-state index in [1.165, 1.54) is 0 Å². The Kier molecular flexibility index (Phi) is 9.19. The van der Waals surface area contributed by atoms with Gasteiger partial charge in [0, 0.05) is 43.0 Å². The van der Waals surface area contributed by atoms with E-state index in [4.69, 9.17) is 0 Å². The average Bonchev–Trinajstić information content (AvgIpc) is 2.66. The molecule has 0 aliphatic rings. The van der Waals surface area contributed by atoms with E-state index in [0.29, 0.717) is 12.5 Å². The number of guanidine groups is 1. The van der Waals surface area contributed by atoms with Crippen LogP contribution in [0.25, 0.3) is 0 Å². The van der Waals surface area contributed by atoms with Gasteiger partial charge in [0.25, 0.3) is 0 Å². The van der Waals surface area contributed by atoms with Gasteiger partial charge in [0.1, 0.15) is 0 Å². The van der Waals surface area contributed by atoms with Crippen molar-refractivity contribution in [1.29, 1.82) is 0 Å². The van der Waals surface area contributed by atoms with Gasteiger partial charge in [-0.3, -0.25) is 9.79 Å². The number of amides is 1. The fourth-order valence-electron chi connectivity index (χ4n) is 2.05. The smallest absolute Gasteiger partial charge is 0.239 e. The molecule has 6 nitrogen and oxygen atoms in total. The molecule has 0 radical (unpaired) electrons. The van der Waals surface area contributed by atoms with Gasteiger partial charge in [-0.05, 0) is 42.8 Å². The van der Waals surface area contributed by atoms with Gasteiger partial charge in [-0.15, -0.1) is 24.0 Å². The molecule has 0 aliphatic heterocycles. The van der Waals surface area contributed by atoms with Crippen molar-refractivity contribution in [2.75, 3.05) is 20.6 Å². The van der Waals surface area contributed by atoms with Gasteiger partial charge in [-0.25, -0.2) is 0 Å². The van der Waals surface area contributed by atoms with Crippen LogP contribution >= 0.6 is 39.9 Å². The first-order valence-corrected chi connectivity index (χ1v) is 7.95. The lowest BCUT2D eigenvalue weighted by Crippen LogP contribution is -2.48. The maximum Gasteiger partial charge on any atom is 0.239 e. The number of hydrogen-bond acceptors (Lipinski definition) is 2. The molecule has 0 aromatic carbocycles. The van der Waals surface area contributed by atoms with Crippen molar-refractivity contribution in [2.45, 2.75) is 32.9 Å². The van der Waals surface area contributed by atoms with Crippen molar-refractivity contribution in [1.82, 2.24) is 20.1 Å². The number of aliphatic imine (C=N–C) groups is 1. The fourth-order valence-corrected chi connectivity index (χ4v) is 2.62. The van der Waals surface area contributed by atoms with Crippen LogP contribution in [0, 0.1) is 0 Å². The normalized spacial score (nSPS) is 11.7. The third-order valence-corrected chi connectivity index (χ3v) is 3.40. The maximum atomic E-state index is 11.9. The Labute approximate surface area is 164 Å². The van der Waals surface area contributed by atoms with Crippen molar-refractivity contribution in [2.24, 2.45) is 12.0 Å². The number of nitrogens with one attached hydrogen (secondary N) is 2. The Hall–Kier alpha value is -0.770. The molecule has 0 fully saturated rings. The minimum absolute atomic E-state index is 0. The lowest BCUT2D eigenvalue weighted by atomic mass is 10.1. The number of nitrogens with zero attached hydrogens (tertiary/aromatic N) is 3. The molecule has 0 aliphatic carbocycles. The fraction of sp³-hybridized carbons (Fsp3) is 0.600. The minimum Gasteiger partial charge on any atom is -0.352 e. The van der Waals surface area contributed by atoms with E-state index in [9.17, 15) is 4.79 Å². The summed E-state index contributed by atoms with van der Waals surface area (Å²) in [5.74, 6) is 0.630. The first kappa shape index (κ1) is 22.2. The summed E-state index contributed by atoms with van der Waals surface area (Å²) in [5.41, 5.74) is 0.917. The number of aromatic nitrogens is 1. The van der Waals surface area contributed by atoms with Crippen LogP contribution in [0.3, 0.4) is 0 Å². The highest BCUT2D eigenvalue weighted by atomic mass is 127. The summed E-state index contributed by atoms with van der Waals surface area (Å²) < 4.78 is 3.10. The van der Waals surface area contributed by atoms with Crippen molar-refractivity contribution >= 4 is 51.8 Å². The Morgan fingerprint density at radius 1 is 1.43 bits per heavy atom. The second-order valence-corrected chi connectivity index (χ2v) is 7.23. The number of aryl methyl sites for hydroxylation is 1. The van der Waals surface area contributed by atoms with Crippen LogP contribution in [0.1, 0.15) is 26.5 Å². The zero-order valence-electron chi connectivity index (χ0n) is 14.6. The van der Waals surface area contributed by atoms with E-state index < -0.39 is 0 Å². The highest BCUT2D eigenvalue weighted by molar-refractivity contribution is 14.0. The van der Waals surface area contributed by atoms with E-state index >= 15 is 0 Å². The molecule has 23 heavy (non-hydrogen) atoms. The molecule has 1 heterocycles. The van der Waals surface area contributed by atoms with Crippen molar-refractivity contribution in [3.8, 4) is 0 Å². The quantitative estimate of drug-likeness (QED) is 0.379. The van der Waals surface area contributed by atoms with Crippen LogP contribution in [0.5, 0.6) is 0 Å². The monoisotopic (exact) mass is 499 g/mol. The number of halogens is 2. The summed E-state index contributed by atoms with van der Waals surface area (Å²) >= 11 is 3.47. The number of carbonyl (C=O) groups is 1. The average molecular weight is 500 g/mol. The van der Waals surface area contributed by atoms with E-state index in [0.717, 1.165) is 10.2 Å². The van der Waals surface area contributed by atoms with Crippen LogP contribution in [-0.4, -0.2) is 47.5 Å². The van der Waals surface area contributed by atoms with Crippen LogP contribution in [-0.2, 0) is 18.4 Å². The Morgan fingerprint density at radius 2 is 2.04 bits per heavy atom. The molecular formula is C15H27BrIN5O. The standard InChI is InChI=1S/C15H26BrN5O.HI/c1-15(2,3)19-13(22)8-18-14(17-4)21(6)10-12-7-11(16)9-20(12)5;/h7,9H,8,10H2,1-6H3,(H,17,18)(H,19,22);1H. The highest BCUT2D eigenvalue weighted by Gasteiger charge is 2.15. The molecule has 1 aromatic heterocycles. The number of hydrogen-bond donors (Lipinski definition) is 2. The van der Waals surface area contributed by atoms with Gasteiger partial charge >= 0.3 is 0 Å². The zero-order valence-corrected chi connectivity index (χ0v) is 18.5. The Morgan fingerprint density at radius 3 is 2.48 bits per heavy atom. The molecule has 2 N–H and O–H groups in total. The van der Waals surface area contributed by atoms with Crippen LogP contribution in [0.4, 0.5) is 0 Å². The second-order valence-electron chi connectivity index (χ2n) is 6.32. The molecular weight excluding hydrogens is 473 g/mol. The summed E-state index contributed by atoms with van der Waals surface area (Å²) in [7, 11) is 5.65. The van der Waals surface area contributed by atoms with Gasteiger partial charge < -0.3 is 20.1 Å². The molecule has 1 rings (SSSR count). The summed E-state index contributed by atoms with van der Waals surface area (Å²) in [6.07, 6.45) is 2.01. The molecule has 0 bridgehead atoms. The third-order valence-electron chi connectivity index (χ3n) is 2.97. The predicted molar refractivity (Wildman–Crippen MR) is 109 cm³/mol. The van der Waals surface area contributed by atoms with Crippen molar-refractivity contribution in [3.05, 3.63) is 22.4 Å². The first-order valence-electron chi connectivity index (χ1n) is 7.16. The Bertz CT molecular complexity index is 551. The van der Waals surface area contributed by atoms with Gasteiger partial charge in [0.15, 0.2) is 5.96 Å². The van der Waals surface area contributed by atoms with Gasteiger partial charge in [0.2, 0.25) is 5.91 Å². The molecule has 0 unspecified atom stereocenters. The van der Waals surface area contributed by atoms with Gasteiger partial charge in [-0.2, -0.15) is 0 Å². The summed E-state index contributed by atoms with van der Waals surface area (Å²) in [4.78, 5) is 18.1. The van der Waals surface area contributed by atoms with Gasteiger partial charge in [-0.1, -0.05) is 0 Å². The zero-order chi connectivity index (χ0) is 16.9. The number of carbonyl (C=O) groups excluding carboxylic acids is 1. The molecule has 0 spiro atoms. The number of rotatable bonds is 4. The highest BCUT2D eigenvalue weighted by Crippen LogP contribution is 2.14. The molecule has 132 valence electrons. The Balaban J connectivity index is 0.00000484. The van der Waals surface area contributed by atoms with Crippen molar-refractivity contribution in [3.63, 3.8) is 0 Å². The van der Waals surface area contributed by atoms with E-state index in [1.54, 1.807) is 7.05 Å². The predicted octanol–water partition coefficient (Wildman–Crippen LogP) is 2.33. The molecule has 1 amide bonds. The largest absolute Gasteiger partial charge is 0.352 e. The van der Waals surface area contributed by atoms with E-state index in [2.05, 4.69) is 42.2 Å². The third kappa shape index (κ3) is 8.05. The van der Waals surface area contributed by atoms with E-state index in [-0.39, 0.29) is 42.0 Å². The molecule has 1 aromatic rings. The first-order chi connectivity index (χ1) is 10.1. The van der Waals surface area contributed by atoms with Crippen molar-refractivity contribution < 1.29 is 4.79 Å². The van der Waals surface area contributed by atoms with E-state index in [1.807, 2.05) is 46.0 Å². The lowest BCUT2D eigenvalue weighted by Gasteiger charge is -2.24. The van der Waals surface area contributed by atoms with Crippen LogP contribution in [0.15, 0.2) is 21.7 Å². The topological polar surface area (TPSA) is 61.7 Å². The minimum atomic E-state index is -0.233. The summed E-state index contributed by atoms with van der Waals surface area (Å²) in [6, 6.07) is 2.07. The molecule has 0 atom stereocenters. The SMILES string of the molecule is CN=C(NCC(=O)NC(C)(C)C)N(C)Cc1cc(Br)cn1C.I. The lowest BCUT2D eigenvalue weighted by molar-refractivity contribution is -0.121. The maximum absolute atomic E-state index is 11.9. The summed E-state index contributed by atoms with van der Waals surface area (Å²) in [5, 5.41) is 6.00. The molecule has 0 saturated heterocycles. The van der Waals surface area contributed by atoms with Crippen LogP contribution < -0.4 is 10.6 Å². The van der Waals surface area contributed by atoms with Crippen LogP contribution in [0.2, 0.25) is 0 Å². The molecule has 0 saturated carbocycles. The second kappa shape index (κ2) is 9.51. The van der Waals surface area contributed by atoms with Gasteiger partial charge in [0.05, 0.1) is 13.1 Å². The summed E-state index contributed by atoms with van der Waals surface area (Å²) in [6.45, 7) is 6.77.